The summed E-state index contributed by atoms with van der Waals surface area (Å²) in [6.07, 6.45) is 1.63. The lowest BCUT2D eigenvalue weighted by Gasteiger charge is -2.24. The second kappa shape index (κ2) is 9.06. The van der Waals surface area contributed by atoms with Crippen molar-refractivity contribution in [1.82, 2.24) is 4.57 Å². The van der Waals surface area contributed by atoms with Gasteiger partial charge in [0.25, 0.3) is 11.2 Å². The Morgan fingerprint density at radius 3 is 2.74 bits per heavy atom. The first-order valence-corrected chi connectivity index (χ1v) is 11.3. The third-order valence-corrected chi connectivity index (χ3v) is 6.41. The molecule has 0 spiro atoms. The van der Waals surface area contributed by atoms with Gasteiger partial charge in [-0.2, -0.15) is 0 Å². The molecule has 0 unspecified atom stereocenters. The zero-order valence-corrected chi connectivity index (χ0v) is 19.5. The molecule has 0 saturated heterocycles. The van der Waals surface area contributed by atoms with E-state index in [9.17, 15) is 24.8 Å². The van der Waals surface area contributed by atoms with Crippen molar-refractivity contribution in [3.63, 3.8) is 0 Å². The second-order valence-electron chi connectivity index (χ2n) is 7.70. The molecule has 174 valence electrons. The standard InChI is InChI=1S/C24H21N3O6S/c1-4-33-23(30)20-14(3)25-24-26(21(20)16-9-8-13(2)18(12-16)27(31)32)22(29)19(34-24)11-15-6-5-7-17(28)10-15/h5-12,21,28H,4H2,1-3H3/b19-11+/t21-/m0/s1. The number of aromatic nitrogens is 1. The van der Waals surface area contributed by atoms with E-state index in [1.54, 1.807) is 51.1 Å². The van der Waals surface area contributed by atoms with Crippen LogP contribution in [0, 0.1) is 17.0 Å². The maximum atomic E-state index is 13.5. The van der Waals surface area contributed by atoms with Crippen molar-refractivity contribution >= 4 is 29.1 Å². The quantitative estimate of drug-likeness (QED) is 0.341. The Labute approximate surface area is 197 Å². The molecule has 1 aromatic heterocycles. The van der Waals surface area contributed by atoms with Gasteiger partial charge in [0.2, 0.25) is 0 Å². The number of nitro groups is 1. The molecule has 9 nitrogen and oxygen atoms in total. The van der Waals surface area contributed by atoms with Gasteiger partial charge in [0.05, 0.1) is 33.4 Å². The molecule has 0 amide bonds. The number of fused-ring (bicyclic) bond motifs is 1. The molecular formula is C24H21N3O6S. The highest BCUT2D eigenvalue weighted by Crippen LogP contribution is 2.33. The molecule has 2 heterocycles. The molecule has 0 aliphatic carbocycles. The minimum atomic E-state index is -0.944. The SMILES string of the molecule is CCOC(=O)C1=C(C)N=c2s/c(=C/c3cccc(O)c3)c(=O)n2[C@H]1c1ccc(C)c([N+](=O)[O-])c1. The summed E-state index contributed by atoms with van der Waals surface area (Å²) in [6, 6.07) is 10.1. The molecule has 34 heavy (non-hydrogen) atoms. The summed E-state index contributed by atoms with van der Waals surface area (Å²) in [6.45, 7) is 5.06. The van der Waals surface area contributed by atoms with Gasteiger partial charge < -0.3 is 9.84 Å². The van der Waals surface area contributed by atoms with Gasteiger partial charge in [-0.05, 0) is 50.1 Å². The van der Waals surface area contributed by atoms with E-state index in [0.29, 0.717) is 31.7 Å². The normalized spacial score (nSPS) is 15.6. The summed E-state index contributed by atoms with van der Waals surface area (Å²) in [5.74, 6) is -0.578. The number of aryl methyl sites for hydroxylation is 1. The number of benzene rings is 2. The predicted molar refractivity (Wildman–Crippen MR) is 126 cm³/mol. The van der Waals surface area contributed by atoms with Crippen LogP contribution in [0.3, 0.4) is 0 Å². The Bertz CT molecular complexity index is 1530. The molecule has 2 aromatic carbocycles. The summed E-state index contributed by atoms with van der Waals surface area (Å²) < 4.78 is 6.95. The number of hydrogen-bond acceptors (Lipinski definition) is 8. The summed E-state index contributed by atoms with van der Waals surface area (Å²) >= 11 is 1.13. The van der Waals surface area contributed by atoms with Gasteiger partial charge in [0, 0.05) is 11.6 Å². The van der Waals surface area contributed by atoms with Gasteiger partial charge in [-0.1, -0.05) is 35.6 Å². The van der Waals surface area contributed by atoms with Crippen LogP contribution in [0.15, 0.2) is 63.5 Å². The van der Waals surface area contributed by atoms with E-state index < -0.39 is 22.5 Å². The third-order valence-electron chi connectivity index (χ3n) is 5.43. The molecule has 4 rings (SSSR count). The number of phenols is 1. The molecule has 1 aliphatic heterocycles. The molecule has 10 heteroatoms. The van der Waals surface area contributed by atoms with Crippen LogP contribution in [-0.2, 0) is 9.53 Å². The maximum absolute atomic E-state index is 13.5. The van der Waals surface area contributed by atoms with E-state index in [0.717, 1.165) is 11.3 Å². The maximum Gasteiger partial charge on any atom is 0.338 e. The third kappa shape index (κ3) is 4.15. The number of rotatable bonds is 5. The molecule has 0 fully saturated rings. The van der Waals surface area contributed by atoms with Crippen LogP contribution < -0.4 is 14.9 Å². The summed E-state index contributed by atoms with van der Waals surface area (Å²) in [7, 11) is 0. The van der Waals surface area contributed by atoms with E-state index in [2.05, 4.69) is 4.99 Å². The van der Waals surface area contributed by atoms with Gasteiger partial charge in [0.1, 0.15) is 5.75 Å². The first kappa shape index (κ1) is 23.1. The molecule has 1 aliphatic rings. The lowest BCUT2D eigenvalue weighted by molar-refractivity contribution is -0.385. The van der Waals surface area contributed by atoms with Gasteiger partial charge in [-0.25, -0.2) is 9.79 Å². The monoisotopic (exact) mass is 479 g/mol. The average molecular weight is 480 g/mol. The highest BCUT2D eigenvalue weighted by molar-refractivity contribution is 7.07. The molecule has 3 aromatic rings. The van der Waals surface area contributed by atoms with Crippen molar-refractivity contribution in [2.45, 2.75) is 26.8 Å². The van der Waals surface area contributed by atoms with Crippen LogP contribution in [0.5, 0.6) is 5.75 Å². The van der Waals surface area contributed by atoms with Crippen molar-refractivity contribution in [2.75, 3.05) is 6.61 Å². The zero-order valence-electron chi connectivity index (χ0n) is 18.6. The molecule has 1 atom stereocenters. The lowest BCUT2D eigenvalue weighted by atomic mass is 9.94. The molecule has 0 bridgehead atoms. The number of thiazole rings is 1. The fourth-order valence-corrected chi connectivity index (χ4v) is 4.91. The average Bonchev–Trinajstić information content (AvgIpc) is 3.07. The van der Waals surface area contributed by atoms with E-state index in [1.807, 2.05) is 0 Å². The molecule has 0 radical (unpaired) electrons. The summed E-state index contributed by atoms with van der Waals surface area (Å²) in [5.41, 5.74) is 1.48. The zero-order chi connectivity index (χ0) is 24.6. The first-order valence-electron chi connectivity index (χ1n) is 10.4. The van der Waals surface area contributed by atoms with Crippen LogP contribution in [0.4, 0.5) is 5.69 Å². The van der Waals surface area contributed by atoms with Gasteiger partial charge >= 0.3 is 5.97 Å². The Balaban J connectivity index is 2.00. The first-order chi connectivity index (χ1) is 16.2. The number of nitrogens with zero attached hydrogens (tertiary/aromatic N) is 3. The van der Waals surface area contributed by atoms with Crippen molar-refractivity contribution in [1.29, 1.82) is 0 Å². The van der Waals surface area contributed by atoms with Crippen LogP contribution >= 0.6 is 11.3 Å². The predicted octanol–water partition coefficient (Wildman–Crippen LogP) is 2.72. The number of aromatic hydroxyl groups is 1. The number of esters is 1. The van der Waals surface area contributed by atoms with Gasteiger partial charge in [-0.3, -0.25) is 19.5 Å². The Morgan fingerprint density at radius 2 is 2.06 bits per heavy atom. The van der Waals surface area contributed by atoms with Crippen molar-refractivity contribution in [3.05, 3.63) is 100 Å². The Kier molecular flexibility index (Phi) is 6.16. The van der Waals surface area contributed by atoms with Gasteiger partial charge in [-0.15, -0.1) is 0 Å². The van der Waals surface area contributed by atoms with E-state index in [-0.39, 0.29) is 23.6 Å². The number of nitro benzene ring substituents is 1. The summed E-state index contributed by atoms with van der Waals surface area (Å²) in [5, 5.41) is 21.3. The minimum Gasteiger partial charge on any atom is -0.508 e. The number of carbonyl (C=O) groups is 1. The largest absolute Gasteiger partial charge is 0.508 e. The van der Waals surface area contributed by atoms with Crippen molar-refractivity contribution in [3.8, 4) is 5.75 Å². The molecular weight excluding hydrogens is 458 g/mol. The second-order valence-corrected chi connectivity index (χ2v) is 8.71. The van der Waals surface area contributed by atoms with Crippen LogP contribution in [-0.4, -0.2) is 27.2 Å². The fourth-order valence-electron chi connectivity index (χ4n) is 3.87. The fraction of sp³-hybridized carbons (Fsp3) is 0.208. The minimum absolute atomic E-state index is 0.0619. The number of carbonyl (C=O) groups excluding carboxylic acids is 1. The van der Waals surface area contributed by atoms with Crippen LogP contribution in [0.25, 0.3) is 6.08 Å². The van der Waals surface area contributed by atoms with Crippen LogP contribution in [0.1, 0.15) is 36.6 Å². The Hall–Kier alpha value is -4.05. The number of phenolic OH excluding ortho intramolecular Hbond substituents is 1. The van der Waals surface area contributed by atoms with E-state index in [1.165, 1.54) is 22.8 Å². The van der Waals surface area contributed by atoms with Gasteiger partial charge in [0.15, 0.2) is 4.80 Å². The summed E-state index contributed by atoms with van der Waals surface area (Å²) in [4.78, 5) is 42.3. The highest BCUT2D eigenvalue weighted by Gasteiger charge is 2.34. The smallest absolute Gasteiger partial charge is 0.338 e. The molecule has 0 saturated carbocycles. The number of hydrogen-bond donors (Lipinski definition) is 1. The van der Waals surface area contributed by atoms with E-state index >= 15 is 0 Å². The van der Waals surface area contributed by atoms with Crippen molar-refractivity contribution in [2.24, 2.45) is 4.99 Å². The van der Waals surface area contributed by atoms with Crippen LogP contribution in [0.2, 0.25) is 0 Å². The lowest BCUT2D eigenvalue weighted by Crippen LogP contribution is -2.40. The highest BCUT2D eigenvalue weighted by atomic mass is 32.1. The molecule has 1 N–H and O–H groups in total. The number of ether oxygens (including phenoxy) is 1. The van der Waals surface area contributed by atoms with Crippen molar-refractivity contribution < 1.29 is 19.6 Å². The van der Waals surface area contributed by atoms with E-state index in [4.69, 9.17) is 4.74 Å². The topological polar surface area (TPSA) is 124 Å². The Morgan fingerprint density at radius 1 is 1.29 bits per heavy atom. The number of allylic oxidation sites excluding steroid dienone is 1.